The Morgan fingerprint density at radius 2 is 2.06 bits per heavy atom. The van der Waals surface area contributed by atoms with Crippen molar-refractivity contribution in [2.24, 2.45) is 0 Å². The normalized spacial score (nSPS) is 12.7. The van der Waals surface area contributed by atoms with Crippen LogP contribution in [0.15, 0.2) is 18.2 Å². The Balaban J connectivity index is 2.70. The van der Waals surface area contributed by atoms with E-state index in [1.807, 2.05) is 0 Å². The van der Waals surface area contributed by atoms with E-state index in [-0.39, 0.29) is 6.61 Å². The minimum absolute atomic E-state index is 0.260. The molecule has 2 N–H and O–H groups in total. The van der Waals surface area contributed by atoms with E-state index in [0.717, 1.165) is 18.1 Å². The van der Waals surface area contributed by atoms with Gasteiger partial charge in [-0.1, -0.05) is 25.1 Å². The van der Waals surface area contributed by atoms with Gasteiger partial charge in [-0.2, -0.15) is 11.8 Å². The molecule has 96 valence electrons. The van der Waals surface area contributed by atoms with Gasteiger partial charge in [0.05, 0.1) is 6.61 Å². The van der Waals surface area contributed by atoms with Crippen molar-refractivity contribution < 1.29 is 5.11 Å². The van der Waals surface area contributed by atoms with Gasteiger partial charge in [0.1, 0.15) is 0 Å². The van der Waals surface area contributed by atoms with E-state index in [2.05, 4.69) is 44.3 Å². The van der Waals surface area contributed by atoms with Crippen LogP contribution in [-0.4, -0.2) is 29.8 Å². The van der Waals surface area contributed by atoms with Crippen LogP contribution in [0.1, 0.15) is 29.7 Å². The van der Waals surface area contributed by atoms with Crippen molar-refractivity contribution in [2.45, 2.75) is 26.8 Å². The Morgan fingerprint density at radius 3 is 2.65 bits per heavy atom. The highest BCUT2D eigenvalue weighted by Crippen LogP contribution is 2.20. The first kappa shape index (κ1) is 14.6. The predicted molar refractivity (Wildman–Crippen MR) is 76.7 cm³/mol. The summed E-state index contributed by atoms with van der Waals surface area (Å²) in [5, 5.41) is 12.3. The third kappa shape index (κ3) is 4.70. The first-order chi connectivity index (χ1) is 8.19. The van der Waals surface area contributed by atoms with E-state index in [4.69, 9.17) is 5.11 Å². The first-order valence-corrected chi connectivity index (χ1v) is 7.33. The van der Waals surface area contributed by atoms with Gasteiger partial charge < -0.3 is 10.4 Å². The fourth-order valence-corrected chi connectivity index (χ4v) is 2.61. The molecule has 0 aliphatic rings. The van der Waals surface area contributed by atoms with Gasteiger partial charge in [-0.05, 0) is 37.1 Å². The molecule has 0 aromatic heterocycles. The zero-order chi connectivity index (χ0) is 12.7. The van der Waals surface area contributed by atoms with Gasteiger partial charge in [-0.25, -0.2) is 0 Å². The van der Waals surface area contributed by atoms with Crippen molar-refractivity contribution >= 4 is 11.8 Å². The number of nitrogens with one attached hydrogen (secondary N) is 1. The Bertz CT molecular complexity index is 341. The Morgan fingerprint density at radius 1 is 1.29 bits per heavy atom. The highest BCUT2D eigenvalue weighted by atomic mass is 32.2. The van der Waals surface area contributed by atoms with E-state index in [1.54, 1.807) is 11.8 Å². The molecular weight excluding hydrogens is 230 g/mol. The van der Waals surface area contributed by atoms with Crippen LogP contribution >= 0.6 is 11.8 Å². The minimum Gasteiger partial charge on any atom is -0.396 e. The fourth-order valence-electron chi connectivity index (χ4n) is 1.77. The summed E-state index contributed by atoms with van der Waals surface area (Å²) in [7, 11) is 0. The maximum atomic E-state index is 8.82. The summed E-state index contributed by atoms with van der Waals surface area (Å²) >= 11 is 1.79. The molecule has 1 unspecified atom stereocenters. The summed E-state index contributed by atoms with van der Waals surface area (Å²) < 4.78 is 0. The maximum Gasteiger partial charge on any atom is 0.0521 e. The van der Waals surface area contributed by atoms with Crippen LogP contribution in [0.25, 0.3) is 0 Å². The summed E-state index contributed by atoms with van der Waals surface area (Å²) in [6.45, 7) is 7.66. The molecule has 0 spiro atoms. The van der Waals surface area contributed by atoms with Crippen molar-refractivity contribution in [1.29, 1.82) is 0 Å². The van der Waals surface area contributed by atoms with Gasteiger partial charge in [0, 0.05) is 17.5 Å². The van der Waals surface area contributed by atoms with Gasteiger partial charge in [-0.15, -0.1) is 0 Å². The molecule has 3 heteroatoms. The Hall–Kier alpha value is -0.510. The molecule has 2 nitrogen and oxygen atoms in total. The molecular formula is C14H23NOS. The first-order valence-electron chi connectivity index (χ1n) is 6.18. The Labute approximate surface area is 109 Å². The number of hydrogen-bond acceptors (Lipinski definition) is 3. The largest absolute Gasteiger partial charge is 0.396 e. The van der Waals surface area contributed by atoms with E-state index in [0.29, 0.717) is 6.04 Å². The van der Waals surface area contributed by atoms with Gasteiger partial charge in [0.2, 0.25) is 0 Å². The second-order valence-electron chi connectivity index (χ2n) is 4.25. The standard InChI is InChI=1S/C14H23NOS/c1-4-15-14(10-17-8-7-16)13-6-5-11(2)12(3)9-13/h5-6,9,14-16H,4,7-8,10H2,1-3H3. The van der Waals surface area contributed by atoms with Gasteiger partial charge >= 0.3 is 0 Å². The van der Waals surface area contributed by atoms with Crippen LogP contribution in [0.3, 0.4) is 0 Å². The van der Waals surface area contributed by atoms with Crippen molar-refractivity contribution in [3.05, 3.63) is 34.9 Å². The molecule has 0 bridgehead atoms. The molecule has 1 aromatic carbocycles. The lowest BCUT2D eigenvalue weighted by molar-refractivity contribution is 0.322. The molecule has 0 aliphatic heterocycles. The molecule has 0 fully saturated rings. The zero-order valence-corrected chi connectivity index (χ0v) is 11.8. The third-order valence-electron chi connectivity index (χ3n) is 2.90. The number of thioether (sulfide) groups is 1. The molecule has 0 radical (unpaired) electrons. The van der Waals surface area contributed by atoms with Crippen LogP contribution < -0.4 is 5.32 Å². The van der Waals surface area contributed by atoms with Crippen LogP contribution in [-0.2, 0) is 0 Å². The van der Waals surface area contributed by atoms with Crippen molar-refractivity contribution in [2.75, 3.05) is 24.7 Å². The molecule has 1 atom stereocenters. The topological polar surface area (TPSA) is 32.3 Å². The number of aliphatic hydroxyl groups excluding tert-OH is 1. The molecule has 0 heterocycles. The summed E-state index contributed by atoms with van der Waals surface area (Å²) in [5.74, 6) is 1.82. The summed E-state index contributed by atoms with van der Waals surface area (Å²) in [6.07, 6.45) is 0. The van der Waals surface area contributed by atoms with Crippen LogP contribution in [0.2, 0.25) is 0 Å². The number of hydrogen-bond donors (Lipinski definition) is 2. The van der Waals surface area contributed by atoms with E-state index >= 15 is 0 Å². The Kier molecular flexibility index (Phi) is 6.63. The van der Waals surface area contributed by atoms with Crippen molar-refractivity contribution in [3.8, 4) is 0 Å². The highest BCUT2D eigenvalue weighted by Gasteiger charge is 2.10. The minimum atomic E-state index is 0.260. The van der Waals surface area contributed by atoms with E-state index in [9.17, 15) is 0 Å². The number of aryl methyl sites for hydroxylation is 2. The molecule has 0 aliphatic carbocycles. The van der Waals surface area contributed by atoms with Gasteiger partial charge in [-0.3, -0.25) is 0 Å². The van der Waals surface area contributed by atoms with Crippen LogP contribution in [0, 0.1) is 13.8 Å². The smallest absolute Gasteiger partial charge is 0.0521 e. The number of rotatable bonds is 7. The second kappa shape index (κ2) is 7.75. The molecule has 17 heavy (non-hydrogen) atoms. The summed E-state index contributed by atoms with van der Waals surface area (Å²) in [5.41, 5.74) is 4.03. The predicted octanol–water partition coefficient (Wildman–Crippen LogP) is 2.68. The number of aliphatic hydroxyl groups is 1. The van der Waals surface area contributed by atoms with Crippen molar-refractivity contribution in [1.82, 2.24) is 5.32 Å². The average molecular weight is 253 g/mol. The zero-order valence-electron chi connectivity index (χ0n) is 11.0. The lowest BCUT2D eigenvalue weighted by atomic mass is 10.0. The van der Waals surface area contributed by atoms with Crippen LogP contribution in [0.4, 0.5) is 0 Å². The van der Waals surface area contributed by atoms with Crippen molar-refractivity contribution in [3.63, 3.8) is 0 Å². The van der Waals surface area contributed by atoms with Gasteiger partial charge in [0.15, 0.2) is 0 Å². The molecule has 0 amide bonds. The molecule has 0 saturated heterocycles. The summed E-state index contributed by atoms with van der Waals surface area (Å²) in [6, 6.07) is 7.04. The van der Waals surface area contributed by atoms with E-state index in [1.165, 1.54) is 16.7 Å². The lowest BCUT2D eigenvalue weighted by Gasteiger charge is -2.19. The average Bonchev–Trinajstić information content (AvgIpc) is 2.32. The third-order valence-corrected chi connectivity index (χ3v) is 3.94. The second-order valence-corrected chi connectivity index (χ2v) is 5.40. The maximum absolute atomic E-state index is 8.82. The SMILES string of the molecule is CCNC(CSCCO)c1ccc(C)c(C)c1. The number of benzene rings is 1. The monoisotopic (exact) mass is 253 g/mol. The van der Waals surface area contributed by atoms with Gasteiger partial charge in [0.25, 0.3) is 0 Å². The highest BCUT2D eigenvalue weighted by molar-refractivity contribution is 7.99. The lowest BCUT2D eigenvalue weighted by Crippen LogP contribution is -2.23. The quantitative estimate of drug-likeness (QED) is 0.733. The van der Waals surface area contributed by atoms with E-state index < -0.39 is 0 Å². The fraction of sp³-hybridized carbons (Fsp3) is 0.571. The summed E-state index contributed by atoms with van der Waals surface area (Å²) in [4.78, 5) is 0. The molecule has 1 rings (SSSR count). The molecule has 1 aromatic rings. The molecule has 0 saturated carbocycles. The van der Waals surface area contributed by atoms with Crippen LogP contribution in [0.5, 0.6) is 0 Å².